The monoisotopic (exact) mass is 181 g/mol. The van der Waals surface area contributed by atoms with Crippen LogP contribution in [-0.2, 0) is 0 Å². The molecule has 0 spiro atoms. The molecular weight excluding hydrogens is 158 g/mol. The molecular formula is C12H23N. The zero-order chi connectivity index (χ0) is 10.1. The topological polar surface area (TPSA) is 12.0 Å². The maximum atomic E-state index is 5.22. The Bertz CT molecular complexity index is 146. The summed E-state index contributed by atoms with van der Waals surface area (Å²) >= 11 is 0. The van der Waals surface area contributed by atoms with E-state index in [0.717, 1.165) is 18.8 Å². The first-order valence-corrected chi connectivity index (χ1v) is 5.37. The van der Waals surface area contributed by atoms with E-state index in [-0.39, 0.29) is 0 Å². The van der Waals surface area contributed by atoms with Crippen LogP contribution in [0.15, 0.2) is 0 Å². The molecule has 0 aliphatic carbocycles. The summed E-state index contributed by atoms with van der Waals surface area (Å²) in [5.41, 5.74) is 0. The van der Waals surface area contributed by atoms with E-state index >= 15 is 0 Å². The second-order valence-corrected chi connectivity index (χ2v) is 3.76. The Morgan fingerprint density at radius 1 is 1.38 bits per heavy atom. The van der Waals surface area contributed by atoms with Gasteiger partial charge in [0.15, 0.2) is 0 Å². The van der Waals surface area contributed by atoms with E-state index in [9.17, 15) is 0 Å². The highest BCUT2D eigenvalue weighted by molar-refractivity contribution is 4.84. The first-order chi connectivity index (χ1) is 6.26. The molecule has 0 aromatic carbocycles. The Labute approximate surface area is 83.3 Å². The van der Waals surface area contributed by atoms with Crippen molar-refractivity contribution in [2.45, 2.75) is 52.0 Å². The summed E-state index contributed by atoms with van der Waals surface area (Å²) in [5.74, 6) is 3.46. The zero-order valence-corrected chi connectivity index (χ0v) is 9.27. The Morgan fingerprint density at radius 3 is 2.54 bits per heavy atom. The molecule has 2 atom stereocenters. The van der Waals surface area contributed by atoms with Crippen LogP contribution in [0.5, 0.6) is 0 Å². The van der Waals surface area contributed by atoms with Gasteiger partial charge in [0.25, 0.3) is 0 Å². The Kier molecular flexibility index (Phi) is 7.83. The van der Waals surface area contributed by atoms with E-state index in [4.69, 9.17) is 6.42 Å². The first kappa shape index (κ1) is 12.5. The van der Waals surface area contributed by atoms with Crippen LogP contribution in [-0.4, -0.2) is 13.1 Å². The lowest BCUT2D eigenvalue weighted by atomic mass is 9.93. The molecule has 0 saturated heterocycles. The molecule has 0 aliphatic rings. The molecule has 1 N–H and O–H groups in total. The molecule has 0 fully saturated rings. The van der Waals surface area contributed by atoms with Gasteiger partial charge < -0.3 is 5.32 Å². The fourth-order valence-electron chi connectivity index (χ4n) is 1.79. The van der Waals surface area contributed by atoms with Crippen molar-refractivity contribution in [3.05, 3.63) is 0 Å². The minimum atomic E-state index is 0.647. The highest BCUT2D eigenvalue weighted by atomic mass is 14.9. The van der Waals surface area contributed by atoms with Gasteiger partial charge in [-0.05, 0) is 32.2 Å². The predicted octanol–water partition coefficient (Wildman–Crippen LogP) is 2.81. The Balaban J connectivity index is 3.67. The third-order valence-electron chi connectivity index (χ3n) is 2.64. The van der Waals surface area contributed by atoms with E-state index in [1.807, 2.05) is 7.05 Å². The number of terminal acetylenes is 1. The van der Waals surface area contributed by atoms with E-state index < -0.39 is 0 Å². The van der Waals surface area contributed by atoms with Gasteiger partial charge in [0.2, 0.25) is 0 Å². The summed E-state index contributed by atoms with van der Waals surface area (Å²) in [4.78, 5) is 0. The van der Waals surface area contributed by atoms with Crippen LogP contribution in [0, 0.1) is 18.3 Å². The van der Waals surface area contributed by atoms with E-state index in [2.05, 4.69) is 25.1 Å². The van der Waals surface area contributed by atoms with Gasteiger partial charge in [0.05, 0.1) is 0 Å². The van der Waals surface area contributed by atoms with Crippen molar-refractivity contribution in [1.29, 1.82) is 0 Å². The van der Waals surface area contributed by atoms with Crippen molar-refractivity contribution < 1.29 is 0 Å². The lowest BCUT2D eigenvalue weighted by Gasteiger charge is -2.22. The second kappa shape index (κ2) is 8.13. The highest BCUT2D eigenvalue weighted by Gasteiger charge is 2.13. The van der Waals surface area contributed by atoms with Gasteiger partial charge in [-0.2, -0.15) is 0 Å². The van der Waals surface area contributed by atoms with E-state index in [0.29, 0.717) is 6.04 Å². The minimum Gasteiger partial charge on any atom is -0.317 e. The van der Waals surface area contributed by atoms with Crippen molar-refractivity contribution >= 4 is 0 Å². The van der Waals surface area contributed by atoms with Gasteiger partial charge in [0, 0.05) is 12.5 Å². The van der Waals surface area contributed by atoms with Crippen molar-refractivity contribution in [2.24, 2.45) is 5.92 Å². The average molecular weight is 181 g/mol. The van der Waals surface area contributed by atoms with Gasteiger partial charge in [-0.1, -0.05) is 20.3 Å². The third-order valence-corrected chi connectivity index (χ3v) is 2.64. The largest absolute Gasteiger partial charge is 0.317 e. The standard InChI is InChI=1S/C12H23N/c1-5-7-8-10-12(13-4)11(3)9-6-2/h1,11-13H,6-10H2,2-4H3. The number of hydrogen-bond donors (Lipinski definition) is 1. The molecule has 0 aliphatic heterocycles. The number of unbranched alkanes of at least 4 members (excludes halogenated alkanes) is 1. The first-order valence-electron chi connectivity index (χ1n) is 5.37. The molecule has 2 unspecified atom stereocenters. The smallest absolute Gasteiger partial charge is 0.00900 e. The summed E-state index contributed by atoms with van der Waals surface area (Å²) < 4.78 is 0. The zero-order valence-electron chi connectivity index (χ0n) is 9.27. The molecule has 0 bridgehead atoms. The van der Waals surface area contributed by atoms with Crippen molar-refractivity contribution in [2.75, 3.05) is 7.05 Å². The molecule has 76 valence electrons. The van der Waals surface area contributed by atoms with Crippen LogP contribution >= 0.6 is 0 Å². The lowest BCUT2D eigenvalue weighted by molar-refractivity contribution is 0.350. The van der Waals surface area contributed by atoms with Crippen LogP contribution < -0.4 is 5.32 Å². The summed E-state index contributed by atoms with van der Waals surface area (Å²) in [6.45, 7) is 4.56. The molecule has 0 aromatic rings. The third kappa shape index (κ3) is 5.71. The van der Waals surface area contributed by atoms with Gasteiger partial charge in [-0.25, -0.2) is 0 Å². The van der Waals surface area contributed by atoms with Gasteiger partial charge in [-0.3, -0.25) is 0 Å². The molecule has 0 heterocycles. The predicted molar refractivity (Wildman–Crippen MR) is 59.6 cm³/mol. The van der Waals surface area contributed by atoms with Gasteiger partial charge >= 0.3 is 0 Å². The fourth-order valence-corrected chi connectivity index (χ4v) is 1.79. The van der Waals surface area contributed by atoms with Crippen LogP contribution in [0.2, 0.25) is 0 Å². The van der Waals surface area contributed by atoms with Crippen molar-refractivity contribution in [1.82, 2.24) is 5.32 Å². The van der Waals surface area contributed by atoms with Crippen LogP contribution in [0.4, 0.5) is 0 Å². The average Bonchev–Trinajstić information content (AvgIpc) is 2.13. The minimum absolute atomic E-state index is 0.647. The van der Waals surface area contributed by atoms with E-state index in [1.54, 1.807) is 0 Å². The molecule has 0 amide bonds. The second-order valence-electron chi connectivity index (χ2n) is 3.76. The normalized spacial score (nSPS) is 14.9. The van der Waals surface area contributed by atoms with Crippen molar-refractivity contribution in [3.63, 3.8) is 0 Å². The molecule has 0 aromatic heterocycles. The van der Waals surface area contributed by atoms with Crippen LogP contribution in [0.25, 0.3) is 0 Å². The fraction of sp³-hybridized carbons (Fsp3) is 0.833. The number of rotatable bonds is 7. The molecule has 0 saturated carbocycles. The summed E-state index contributed by atoms with van der Waals surface area (Å²) in [6.07, 6.45) is 11.1. The Hall–Kier alpha value is -0.480. The summed E-state index contributed by atoms with van der Waals surface area (Å²) in [5, 5.41) is 3.38. The van der Waals surface area contributed by atoms with Gasteiger partial charge in [0.1, 0.15) is 0 Å². The SMILES string of the molecule is C#CCCCC(NC)C(C)CCC. The maximum absolute atomic E-state index is 5.22. The van der Waals surface area contributed by atoms with Crippen LogP contribution in [0.3, 0.4) is 0 Å². The molecule has 1 nitrogen and oxygen atoms in total. The molecule has 0 rings (SSSR count). The summed E-state index contributed by atoms with van der Waals surface area (Å²) in [7, 11) is 2.05. The number of hydrogen-bond acceptors (Lipinski definition) is 1. The van der Waals surface area contributed by atoms with Gasteiger partial charge in [-0.15, -0.1) is 12.3 Å². The molecule has 0 radical (unpaired) electrons. The maximum Gasteiger partial charge on any atom is 0.00900 e. The number of nitrogens with one attached hydrogen (secondary N) is 1. The molecule has 1 heteroatoms. The highest BCUT2D eigenvalue weighted by Crippen LogP contribution is 2.15. The summed E-state index contributed by atoms with van der Waals surface area (Å²) in [6, 6.07) is 0.647. The molecule has 13 heavy (non-hydrogen) atoms. The van der Waals surface area contributed by atoms with E-state index in [1.165, 1.54) is 19.3 Å². The van der Waals surface area contributed by atoms with Crippen molar-refractivity contribution in [3.8, 4) is 12.3 Å². The lowest BCUT2D eigenvalue weighted by Crippen LogP contribution is -2.31. The van der Waals surface area contributed by atoms with Crippen LogP contribution in [0.1, 0.15) is 46.0 Å². The Morgan fingerprint density at radius 2 is 2.08 bits per heavy atom. The quantitative estimate of drug-likeness (QED) is 0.470.